The third kappa shape index (κ3) is 3.03. The second-order valence-electron chi connectivity index (χ2n) is 8.39. The smallest absolute Gasteiger partial charge is 0.129 e. The van der Waals surface area contributed by atoms with Crippen LogP contribution in [-0.4, -0.2) is 29.6 Å². The van der Waals surface area contributed by atoms with Gasteiger partial charge in [0, 0.05) is 0 Å². The fraction of sp³-hybridized carbons (Fsp3) is 0.714. The maximum atomic E-state index is 12.0. The van der Waals surface area contributed by atoms with Gasteiger partial charge in [-0.05, 0) is 68.0 Å². The van der Waals surface area contributed by atoms with Crippen LogP contribution >= 0.6 is 0 Å². The lowest BCUT2D eigenvalue weighted by Crippen LogP contribution is -2.58. The van der Waals surface area contributed by atoms with Crippen molar-refractivity contribution >= 4 is 0 Å². The van der Waals surface area contributed by atoms with E-state index in [1.54, 1.807) is 0 Å². The molecule has 1 saturated heterocycles. The number of piperidine rings is 1. The van der Waals surface area contributed by atoms with Gasteiger partial charge in [-0.25, -0.2) is 4.89 Å². The molecule has 0 radical (unpaired) electrons. The van der Waals surface area contributed by atoms with E-state index in [-0.39, 0.29) is 11.8 Å². The molecule has 3 fully saturated rings. The Labute approximate surface area is 150 Å². The van der Waals surface area contributed by atoms with Crippen molar-refractivity contribution in [2.45, 2.75) is 56.7 Å². The van der Waals surface area contributed by atoms with Crippen molar-refractivity contribution in [1.82, 2.24) is 5.32 Å². The molecule has 0 aromatic heterocycles. The van der Waals surface area contributed by atoms with Crippen molar-refractivity contribution in [1.29, 1.82) is 0 Å². The summed E-state index contributed by atoms with van der Waals surface area (Å²) in [4.78, 5) is 5.18. The normalized spacial score (nSPS) is 33.8. The molecule has 2 saturated carbocycles. The minimum Gasteiger partial charge on any atom is -0.382 e. The summed E-state index contributed by atoms with van der Waals surface area (Å²) in [6.07, 6.45) is 7.33. The summed E-state index contributed by atoms with van der Waals surface area (Å²) >= 11 is 0. The second kappa shape index (κ2) is 7.36. The molecule has 4 unspecified atom stereocenters. The Hall–Kier alpha value is -0.940. The Morgan fingerprint density at radius 1 is 0.960 bits per heavy atom. The van der Waals surface area contributed by atoms with Crippen molar-refractivity contribution < 1.29 is 15.3 Å². The average Bonchev–Trinajstić information content (AvgIpc) is 3.18. The summed E-state index contributed by atoms with van der Waals surface area (Å²) in [5, 5.41) is 25.6. The quantitative estimate of drug-likeness (QED) is 0.564. The summed E-state index contributed by atoms with van der Waals surface area (Å²) in [6.45, 7) is 1.94. The van der Waals surface area contributed by atoms with Crippen LogP contribution in [0.3, 0.4) is 0 Å². The molecule has 4 atom stereocenters. The number of nitrogens with one attached hydrogen (secondary N) is 1. The predicted molar refractivity (Wildman–Crippen MR) is 97.0 cm³/mol. The van der Waals surface area contributed by atoms with Gasteiger partial charge in [0.1, 0.15) is 11.7 Å². The molecule has 4 nitrogen and oxygen atoms in total. The van der Waals surface area contributed by atoms with Crippen LogP contribution in [0.4, 0.5) is 0 Å². The molecular formula is C21H31NO3. The minimum atomic E-state index is -1.11. The summed E-state index contributed by atoms with van der Waals surface area (Å²) < 4.78 is 0. The molecule has 2 bridgehead atoms. The first-order valence-corrected chi connectivity index (χ1v) is 10.0. The monoisotopic (exact) mass is 345 g/mol. The molecule has 3 aliphatic rings. The van der Waals surface area contributed by atoms with E-state index < -0.39 is 11.7 Å². The Morgan fingerprint density at radius 2 is 1.60 bits per heavy atom. The number of hydrogen-bond donors (Lipinski definition) is 3. The van der Waals surface area contributed by atoms with E-state index in [2.05, 4.69) is 5.32 Å². The van der Waals surface area contributed by atoms with Gasteiger partial charge in [-0.3, -0.25) is 5.26 Å². The molecule has 1 heterocycles. The first kappa shape index (κ1) is 17.5. The van der Waals surface area contributed by atoms with Crippen molar-refractivity contribution in [3.63, 3.8) is 0 Å². The van der Waals surface area contributed by atoms with Gasteiger partial charge in [0.25, 0.3) is 0 Å². The van der Waals surface area contributed by atoms with Gasteiger partial charge in [0.15, 0.2) is 0 Å². The summed E-state index contributed by atoms with van der Waals surface area (Å²) in [5.74, 6) is 1.32. The molecule has 4 heteroatoms. The van der Waals surface area contributed by atoms with Gasteiger partial charge in [0.05, 0.1) is 0 Å². The van der Waals surface area contributed by atoms with Crippen LogP contribution in [0.25, 0.3) is 0 Å². The zero-order valence-corrected chi connectivity index (χ0v) is 14.9. The van der Waals surface area contributed by atoms with Crippen molar-refractivity contribution in [3.8, 4) is 0 Å². The Bertz CT molecular complexity index is 538. The Balaban J connectivity index is 1.74. The van der Waals surface area contributed by atoms with E-state index in [4.69, 9.17) is 4.89 Å². The topological polar surface area (TPSA) is 61.7 Å². The molecule has 138 valence electrons. The molecule has 0 spiro atoms. The second-order valence-corrected chi connectivity index (χ2v) is 8.39. The number of benzene rings is 1. The van der Waals surface area contributed by atoms with E-state index >= 15 is 0 Å². The standard InChI is InChI=1S/C21H31NO3/c23-21(18-11-4-5-12-18,17-9-2-1-3-10-17)20(25-24)19-15-7-6-8-16(19)14-22-13-15/h1-3,9-10,15-16,18-20,22-24H,4-8,11-14H2. The number of aliphatic hydroxyl groups is 1. The van der Waals surface area contributed by atoms with Crippen LogP contribution in [0, 0.1) is 23.7 Å². The van der Waals surface area contributed by atoms with E-state index in [9.17, 15) is 10.4 Å². The summed E-state index contributed by atoms with van der Waals surface area (Å²) in [6, 6.07) is 9.94. The first-order valence-electron chi connectivity index (χ1n) is 10.0. The highest BCUT2D eigenvalue weighted by Crippen LogP contribution is 2.50. The van der Waals surface area contributed by atoms with Gasteiger partial charge >= 0.3 is 0 Å². The fourth-order valence-electron chi connectivity index (χ4n) is 5.98. The largest absolute Gasteiger partial charge is 0.382 e. The highest BCUT2D eigenvalue weighted by Gasteiger charge is 2.54. The number of hydrogen-bond acceptors (Lipinski definition) is 4. The lowest BCUT2D eigenvalue weighted by Gasteiger charge is -2.51. The van der Waals surface area contributed by atoms with E-state index in [0.717, 1.165) is 57.2 Å². The van der Waals surface area contributed by atoms with Crippen molar-refractivity contribution in [2.24, 2.45) is 23.7 Å². The lowest BCUT2D eigenvalue weighted by atomic mass is 9.61. The Morgan fingerprint density at radius 3 is 2.20 bits per heavy atom. The highest BCUT2D eigenvalue weighted by atomic mass is 17.1. The predicted octanol–water partition coefficient (Wildman–Crippen LogP) is 3.56. The maximum absolute atomic E-state index is 12.0. The van der Waals surface area contributed by atoms with Crippen LogP contribution in [0.2, 0.25) is 0 Å². The van der Waals surface area contributed by atoms with Gasteiger partial charge in [-0.1, -0.05) is 49.6 Å². The van der Waals surface area contributed by atoms with Crippen molar-refractivity contribution in [3.05, 3.63) is 35.9 Å². The lowest BCUT2D eigenvalue weighted by molar-refractivity contribution is -0.348. The van der Waals surface area contributed by atoms with E-state index in [1.165, 1.54) is 6.42 Å². The van der Waals surface area contributed by atoms with Crippen molar-refractivity contribution in [2.75, 3.05) is 13.1 Å². The molecule has 1 aromatic carbocycles. The third-order valence-electron chi connectivity index (χ3n) is 7.16. The summed E-state index contributed by atoms with van der Waals surface area (Å²) in [7, 11) is 0. The SMILES string of the molecule is OOC(C1C2CCCC1CNC2)C(O)(c1ccccc1)C1CCCC1. The summed E-state index contributed by atoms with van der Waals surface area (Å²) in [5.41, 5.74) is -0.208. The number of rotatable bonds is 5. The highest BCUT2D eigenvalue weighted by molar-refractivity contribution is 5.26. The fourth-order valence-corrected chi connectivity index (χ4v) is 5.98. The van der Waals surface area contributed by atoms with E-state index in [1.807, 2.05) is 30.3 Å². The van der Waals surface area contributed by atoms with E-state index in [0.29, 0.717) is 11.8 Å². The number of fused-ring (bicyclic) bond motifs is 2. The Kier molecular flexibility index (Phi) is 5.14. The third-order valence-corrected chi connectivity index (χ3v) is 7.16. The van der Waals surface area contributed by atoms with Gasteiger partial charge in [-0.15, -0.1) is 0 Å². The molecule has 2 aliphatic carbocycles. The molecule has 25 heavy (non-hydrogen) atoms. The zero-order chi connectivity index (χ0) is 17.3. The molecule has 3 N–H and O–H groups in total. The van der Waals surface area contributed by atoms with Crippen LogP contribution in [0.1, 0.15) is 50.5 Å². The average molecular weight is 345 g/mol. The molecule has 1 aromatic rings. The first-order chi connectivity index (χ1) is 12.2. The van der Waals surface area contributed by atoms with Crippen LogP contribution in [-0.2, 0) is 10.5 Å². The maximum Gasteiger partial charge on any atom is 0.129 e. The van der Waals surface area contributed by atoms with Gasteiger partial charge in [0.2, 0.25) is 0 Å². The molecular weight excluding hydrogens is 314 g/mol. The van der Waals surface area contributed by atoms with Crippen LogP contribution < -0.4 is 5.32 Å². The minimum absolute atomic E-state index is 0.155. The van der Waals surface area contributed by atoms with Crippen LogP contribution in [0.5, 0.6) is 0 Å². The van der Waals surface area contributed by atoms with Gasteiger partial charge in [-0.2, -0.15) is 0 Å². The molecule has 0 amide bonds. The molecule has 1 aliphatic heterocycles. The van der Waals surface area contributed by atoms with Gasteiger partial charge < -0.3 is 10.4 Å². The van der Waals surface area contributed by atoms with Crippen LogP contribution in [0.15, 0.2) is 30.3 Å². The zero-order valence-electron chi connectivity index (χ0n) is 14.9. The molecule has 4 rings (SSSR count).